The molecule has 10 heteroatoms. The molecule has 0 bridgehead atoms. The van der Waals surface area contributed by atoms with Crippen LogP contribution in [0.15, 0.2) is 60.7 Å². The molecule has 0 aliphatic carbocycles. The summed E-state index contributed by atoms with van der Waals surface area (Å²) >= 11 is 0. The van der Waals surface area contributed by atoms with Crippen molar-refractivity contribution in [1.82, 2.24) is 24.7 Å². The van der Waals surface area contributed by atoms with Gasteiger partial charge in [0.1, 0.15) is 18.1 Å². The van der Waals surface area contributed by atoms with Crippen LogP contribution in [0.4, 0.5) is 21.7 Å². The van der Waals surface area contributed by atoms with E-state index in [4.69, 9.17) is 26.3 Å². The van der Waals surface area contributed by atoms with Gasteiger partial charge in [0.25, 0.3) is 0 Å². The van der Waals surface area contributed by atoms with Crippen LogP contribution in [0.3, 0.4) is 0 Å². The van der Waals surface area contributed by atoms with Crippen molar-refractivity contribution in [3.8, 4) is 23.0 Å². The predicted molar refractivity (Wildman–Crippen MR) is 150 cm³/mol. The molecule has 1 aliphatic heterocycles. The molecule has 5 aromatic rings. The highest BCUT2D eigenvalue weighted by atomic mass is 19.1. The molecule has 4 N–H and O–H groups in total. The monoisotopic (exact) mass is 524 g/mol. The molecular formula is C29H29FN8O. The van der Waals surface area contributed by atoms with Crippen molar-refractivity contribution in [2.24, 2.45) is 0 Å². The van der Waals surface area contributed by atoms with Gasteiger partial charge in [-0.05, 0) is 50.5 Å². The van der Waals surface area contributed by atoms with Crippen molar-refractivity contribution in [2.75, 3.05) is 29.5 Å². The normalized spacial score (nSPS) is 13.6. The maximum atomic E-state index is 14.4. The number of fused-ring (bicyclic) bond motifs is 1. The predicted octanol–water partition coefficient (Wildman–Crippen LogP) is 5.06. The summed E-state index contributed by atoms with van der Waals surface area (Å²) in [6.07, 6.45) is 3.32. The number of nitrogen functional groups attached to an aromatic ring is 2. The van der Waals surface area contributed by atoms with Crippen LogP contribution in [-0.4, -0.2) is 37.8 Å². The van der Waals surface area contributed by atoms with Crippen molar-refractivity contribution >= 4 is 28.4 Å². The fourth-order valence-electron chi connectivity index (χ4n) is 5.00. The average Bonchev–Trinajstić information content (AvgIpc) is 3.28. The lowest BCUT2D eigenvalue weighted by Gasteiger charge is -2.30. The molecule has 1 saturated heterocycles. The fraction of sp³-hybridized carbons (Fsp3) is 0.241. The maximum Gasteiger partial charge on any atom is 0.227 e. The largest absolute Gasteiger partial charge is 0.472 e. The Labute approximate surface area is 225 Å². The molecule has 4 heterocycles. The van der Waals surface area contributed by atoms with Gasteiger partial charge in [-0.3, -0.25) is 0 Å². The van der Waals surface area contributed by atoms with Crippen LogP contribution < -0.4 is 21.1 Å². The Balaban J connectivity index is 1.48. The Kier molecular flexibility index (Phi) is 6.44. The lowest BCUT2D eigenvalue weighted by atomic mass is 10.1. The van der Waals surface area contributed by atoms with Gasteiger partial charge in [-0.15, -0.1) is 0 Å². The quantitative estimate of drug-likeness (QED) is 0.316. The molecule has 0 amide bonds. The molecule has 3 aromatic heterocycles. The third kappa shape index (κ3) is 4.69. The van der Waals surface area contributed by atoms with Gasteiger partial charge in [0.05, 0.1) is 16.9 Å². The molecule has 1 fully saturated rings. The Morgan fingerprint density at radius 1 is 0.897 bits per heavy atom. The van der Waals surface area contributed by atoms with Gasteiger partial charge in [-0.2, -0.15) is 10.1 Å². The van der Waals surface area contributed by atoms with E-state index in [1.54, 1.807) is 22.9 Å². The number of aromatic nitrogens is 5. The molecule has 9 nitrogen and oxygen atoms in total. The van der Waals surface area contributed by atoms with Gasteiger partial charge in [-0.1, -0.05) is 36.4 Å². The summed E-state index contributed by atoms with van der Waals surface area (Å²) in [6, 6.07) is 18.1. The molecule has 0 spiro atoms. The molecule has 0 atom stereocenters. The van der Waals surface area contributed by atoms with Crippen LogP contribution in [0.1, 0.15) is 30.5 Å². The molecule has 39 heavy (non-hydrogen) atoms. The van der Waals surface area contributed by atoms with E-state index in [2.05, 4.69) is 14.9 Å². The number of halogens is 1. The van der Waals surface area contributed by atoms with E-state index in [0.29, 0.717) is 34.1 Å². The number of nitrogens with zero attached hydrogens (tertiary/aromatic N) is 6. The van der Waals surface area contributed by atoms with Crippen molar-refractivity contribution in [1.29, 1.82) is 0 Å². The van der Waals surface area contributed by atoms with E-state index in [1.807, 2.05) is 43.3 Å². The number of anilines is 3. The number of rotatable bonds is 6. The first-order chi connectivity index (χ1) is 19.0. The minimum absolute atomic E-state index is 0.0343. The van der Waals surface area contributed by atoms with E-state index < -0.39 is 0 Å². The molecule has 2 aromatic carbocycles. The number of benzene rings is 2. The molecule has 198 valence electrons. The average molecular weight is 525 g/mol. The molecule has 0 radical (unpaired) electrons. The maximum absolute atomic E-state index is 14.4. The first-order valence-electron chi connectivity index (χ1n) is 13.0. The number of ether oxygens (including phenoxy) is 1. The highest BCUT2D eigenvalue weighted by molar-refractivity contribution is 5.87. The highest BCUT2D eigenvalue weighted by Gasteiger charge is 2.23. The molecule has 6 rings (SSSR count). The van der Waals surface area contributed by atoms with E-state index >= 15 is 0 Å². The van der Waals surface area contributed by atoms with Gasteiger partial charge in [0.2, 0.25) is 5.88 Å². The first kappa shape index (κ1) is 24.6. The van der Waals surface area contributed by atoms with Crippen LogP contribution in [-0.2, 0) is 6.61 Å². The van der Waals surface area contributed by atoms with Crippen molar-refractivity contribution in [2.45, 2.75) is 32.8 Å². The fourth-order valence-corrected chi connectivity index (χ4v) is 5.00. The topological polar surface area (TPSA) is 121 Å². The summed E-state index contributed by atoms with van der Waals surface area (Å²) in [5, 5.41) is 5.52. The number of para-hydroxylation sites is 1. The summed E-state index contributed by atoms with van der Waals surface area (Å²) in [6.45, 7) is 3.60. The highest BCUT2D eigenvalue weighted by Crippen LogP contribution is 2.37. The zero-order valence-corrected chi connectivity index (χ0v) is 21.6. The Morgan fingerprint density at radius 3 is 2.31 bits per heavy atom. The Bertz CT molecular complexity index is 1620. The summed E-state index contributed by atoms with van der Waals surface area (Å²) in [7, 11) is 0. The standard InChI is InChI=1S/C29H29FN8O/c1-18-21-16-22(27-33-25(31)24(26(32)34-27)37-14-8-3-9-15-37)29(39-17-19-10-6-7-13-23(19)30)35-28(21)38(36-18)20-11-4-2-5-12-20/h2,4-7,10-13,16H,3,8-9,14-15,17H2,1H3,(H4,31,32,33,34). The van der Waals surface area contributed by atoms with Crippen LogP contribution >= 0.6 is 0 Å². The number of hydrogen-bond acceptors (Lipinski definition) is 8. The zero-order chi connectivity index (χ0) is 26.9. The second-order valence-corrected chi connectivity index (χ2v) is 9.64. The van der Waals surface area contributed by atoms with Gasteiger partial charge in [-0.25, -0.2) is 19.0 Å². The van der Waals surface area contributed by atoms with E-state index in [0.717, 1.165) is 42.7 Å². The first-order valence-corrected chi connectivity index (χ1v) is 13.0. The summed E-state index contributed by atoms with van der Waals surface area (Å²) in [5.74, 6) is 0.761. The molecular weight excluding hydrogens is 495 g/mol. The second-order valence-electron chi connectivity index (χ2n) is 9.64. The van der Waals surface area contributed by atoms with Crippen molar-refractivity contribution < 1.29 is 9.13 Å². The third-order valence-electron chi connectivity index (χ3n) is 6.98. The van der Waals surface area contributed by atoms with E-state index in [1.165, 1.54) is 12.5 Å². The smallest absolute Gasteiger partial charge is 0.227 e. The van der Waals surface area contributed by atoms with Crippen LogP contribution in [0, 0.1) is 12.7 Å². The van der Waals surface area contributed by atoms with E-state index in [9.17, 15) is 4.39 Å². The van der Waals surface area contributed by atoms with Crippen molar-refractivity contribution in [3.63, 3.8) is 0 Å². The van der Waals surface area contributed by atoms with Crippen LogP contribution in [0.2, 0.25) is 0 Å². The van der Waals surface area contributed by atoms with Crippen LogP contribution in [0.5, 0.6) is 5.88 Å². The zero-order valence-electron chi connectivity index (χ0n) is 21.6. The van der Waals surface area contributed by atoms with Crippen molar-refractivity contribution in [3.05, 3.63) is 77.7 Å². The minimum Gasteiger partial charge on any atom is -0.472 e. The SMILES string of the molecule is Cc1nn(-c2ccccc2)c2nc(OCc3ccccc3F)c(-c3nc(N)c(N4CCCCC4)c(N)n3)cc12. The lowest BCUT2D eigenvalue weighted by molar-refractivity contribution is 0.290. The summed E-state index contributed by atoms with van der Waals surface area (Å²) < 4.78 is 22.3. The van der Waals surface area contributed by atoms with Gasteiger partial charge in [0, 0.05) is 24.0 Å². The van der Waals surface area contributed by atoms with Gasteiger partial charge >= 0.3 is 0 Å². The molecule has 1 aliphatic rings. The summed E-state index contributed by atoms with van der Waals surface area (Å²) in [4.78, 5) is 16.3. The second kappa shape index (κ2) is 10.2. The van der Waals surface area contributed by atoms with Gasteiger partial charge < -0.3 is 21.1 Å². The number of nitrogens with two attached hydrogens (primary N) is 2. The lowest BCUT2D eigenvalue weighted by Crippen LogP contribution is -2.31. The Hall–Kier alpha value is -4.73. The number of aryl methyl sites for hydroxylation is 1. The van der Waals surface area contributed by atoms with E-state index in [-0.39, 0.29) is 24.1 Å². The van der Waals surface area contributed by atoms with Crippen LogP contribution in [0.25, 0.3) is 28.1 Å². The summed E-state index contributed by atoms with van der Waals surface area (Å²) in [5.41, 5.74) is 16.7. The number of hydrogen-bond donors (Lipinski definition) is 2. The minimum atomic E-state index is -0.360. The Morgan fingerprint density at radius 2 is 1.59 bits per heavy atom. The number of pyridine rings is 1. The molecule has 0 saturated carbocycles. The van der Waals surface area contributed by atoms with Gasteiger partial charge in [0.15, 0.2) is 23.1 Å². The molecule has 0 unspecified atom stereocenters. The third-order valence-corrected chi connectivity index (χ3v) is 6.98. The number of piperidine rings is 1.